The van der Waals surface area contributed by atoms with Crippen molar-refractivity contribution in [2.75, 3.05) is 27.2 Å². The third-order valence-electron chi connectivity index (χ3n) is 3.69. The van der Waals surface area contributed by atoms with Crippen LogP contribution in [0.2, 0.25) is 0 Å². The maximum atomic E-state index is 12.3. The van der Waals surface area contributed by atoms with Gasteiger partial charge in [0, 0.05) is 17.8 Å². The summed E-state index contributed by atoms with van der Waals surface area (Å²) in [6, 6.07) is 11.9. The molecule has 122 valence electrons. The van der Waals surface area contributed by atoms with E-state index in [0.29, 0.717) is 17.9 Å². The van der Waals surface area contributed by atoms with Crippen molar-refractivity contribution in [2.45, 2.75) is 20.3 Å². The van der Waals surface area contributed by atoms with E-state index in [1.54, 1.807) is 0 Å². The maximum absolute atomic E-state index is 12.3. The molecule has 0 saturated carbocycles. The van der Waals surface area contributed by atoms with Gasteiger partial charge in [0.2, 0.25) is 0 Å². The summed E-state index contributed by atoms with van der Waals surface area (Å²) in [5, 5.41) is 0. The molecule has 0 N–H and O–H groups in total. The van der Waals surface area contributed by atoms with E-state index in [1.165, 1.54) is 0 Å². The second-order valence-electron chi connectivity index (χ2n) is 5.91. The van der Waals surface area contributed by atoms with E-state index >= 15 is 0 Å². The Bertz CT molecular complexity index is 667. The topological polar surface area (TPSA) is 42.4 Å². The number of benzene rings is 1. The summed E-state index contributed by atoms with van der Waals surface area (Å²) >= 11 is 0. The van der Waals surface area contributed by atoms with Crippen LogP contribution in [0.5, 0.6) is 0 Å². The number of carbonyl (C=O) groups is 1. The number of hydrogen-bond donors (Lipinski definition) is 0. The van der Waals surface area contributed by atoms with E-state index in [4.69, 9.17) is 4.74 Å². The van der Waals surface area contributed by atoms with Gasteiger partial charge in [0.05, 0.1) is 17.9 Å². The lowest BCUT2D eigenvalue weighted by Crippen LogP contribution is -2.17. The fraction of sp³-hybridized carbons (Fsp3) is 0.368. The SMILES string of the molecule is Cc1nc(C)c(-c2ccccc2)cc1C(=O)OCCCN(C)C. The molecule has 1 heterocycles. The predicted octanol–water partition coefficient (Wildman–Crippen LogP) is 3.47. The van der Waals surface area contributed by atoms with Crippen molar-refractivity contribution in [2.24, 2.45) is 0 Å². The van der Waals surface area contributed by atoms with Crippen molar-refractivity contribution >= 4 is 5.97 Å². The smallest absolute Gasteiger partial charge is 0.339 e. The van der Waals surface area contributed by atoms with Crippen LogP contribution in [0.3, 0.4) is 0 Å². The molecular formula is C19H24N2O2. The number of ether oxygens (including phenoxy) is 1. The molecule has 0 amide bonds. The molecule has 4 nitrogen and oxygen atoms in total. The lowest BCUT2D eigenvalue weighted by molar-refractivity contribution is 0.0492. The van der Waals surface area contributed by atoms with E-state index in [0.717, 1.165) is 29.8 Å². The molecule has 0 spiro atoms. The van der Waals surface area contributed by atoms with Gasteiger partial charge < -0.3 is 9.64 Å². The minimum atomic E-state index is -0.300. The number of aromatic nitrogens is 1. The van der Waals surface area contributed by atoms with Crippen LogP contribution in [-0.2, 0) is 4.74 Å². The van der Waals surface area contributed by atoms with Gasteiger partial charge in [0.25, 0.3) is 0 Å². The Labute approximate surface area is 138 Å². The van der Waals surface area contributed by atoms with Gasteiger partial charge >= 0.3 is 5.97 Å². The molecule has 4 heteroatoms. The number of esters is 1. The van der Waals surface area contributed by atoms with Gasteiger partial charge in [-0.25, -0.2) is 4.79 Å². The molecule has 1 aromatic carbocycles. The maximum Gasteiger partial charge on any atom is 0.339 e. The molecule has 23 heavy (non-hydrogen) atoms. The van der Waals surface area contributed by atoms with Gasteiger partial charge in [-0.1, -0.05) is 30.3 Å². The molecular weight excluding hydrogens is 288 g/mol. The van der Waals surface area contributed by atoms with Gasteiger partial charge in [0.15, 0.2) is 0 Å². The molecule has 0 fully saturated rings. The highest BCUT2D eigenvalue weighted by Gasteiger charge is 2.15. The van der Waals surface area contributed by atoms with Gasteiger partial charge in [-0.2, -0.15) is 0 Å². The minimum absolute atomic E-state index is 0.300. The summed E-state index contributed by atoms with van der Waals surface area (Å²) in [7, 11) is 4.00. The Morgan fingerprint density at radius 3 is 2.48 bits per heavy atom. The Balaban J connectivity index is 2.17. The molecule has 1 aromatic heterocycles. The molecule has 0 aliphatic carbocycles. The standard InChI is InChI=1S/C19H24N2O2/c1-14-17(16-9-6-5-7-10-16)13-18(15(2)20-14)19(22)23-12-8-11-21(3)4/h5-7,9-10,13H,8,11-12H2,1-4H3. The largest absolute Gasteiger partial charge is 0.462 e. The van der Waals surface area contributed by atoms with Gasteiger partial charge in [-0.05, 0) is 46.0 Å². The van der Waals surface area contributed by atoms with E-state index < -0.39 is 0 Å². The third-order valence-corrected chi connectivity index (χ3v) is 3.69. The summed E-state index contributed by atoms with van der Waals surface area (Å²) in [5.41, 5.74) is 4.19. The minimum Gasteiger partial charge on any atom is -0.462 e. The lowest BCUT2D eigenvalue weighted by Gasteiger charge is -2.12. The van der Waals surface area contributed by atoms with Gasteiger partial charge in [-0.3, -0.25) is 4.98 Å². The molecule has 0 aliphatic rings. The number of aryl methyl sites for hydroxylation is 2. The fourth-order valence-electron chi connectivity index (χ4n) is 2.47. The van der Waals surface area contributed by atoms with E-state index in [-0.39, 0.29) is 5.97 Å². The summed E-state index contributed by atoms with van der Waals surface area (Å²) < 4.78 is 5.38. The van der Waals surface area contributed by atoms with Crippen molar-refractivity contribution in [1.82, 2.24) is 9.88 Å². The summed E-state index contributed by atoms with van der Waals surface area (Å²) in [6.07, 6.45) is 0.822. The average Bonchev–Trinajstić information content (AvgIpc) is 2.52. The normalized spacial score (nSPS) is 10.8. The predicted molar refractivity (Wildman–Crippen MR) is 92.6 cm³/mol. The molecule has 0 aliphatic heterocycles. The fourth-order valence-corrected chi connectivity index (χ4v) is 2.47. The second kappa shape index (κ2) is 7.88. The van der Waals surface area contributed by atoms with Crippen LogP contribution >= 0.6 is 0 Å². The Kier molecular flexibility index (Phi) is 5.88. The zero-order valence-corrected chi connectivity index (χ0v) is 14.3. The molecule has 0 saturated heterocycles. The molecule has 0 atom stereocenters. The van der Waals surface area contributed by atoms with E-state index in [1.807, 2.05) is 64.3 Å². The van der Waals surface area contributed by atoms with Crippen LogP contribution < -0.4 is 0 Å². The van der Waals surface area contributed by atoms with Crippen molar-refractivity contribution in [3.05, 3.63) is 53.3 Å². The molecule has 0 bridgehead atoms. The first-order chi connectivity index (χ1) is 11.0. The highest BCUT2D eigenvalue weighted by atomic mass is 16.5. The number of rotatable bonds is 6. The lowest BCUT2D eigenvalue weighted by atomic mass is 10.0. The third kappa shape index (κ3) is 4.63. The monoisotopic (exact) mass is 312 g/mol. The second-order valence-corrected chi connectivity index (χ2v) is 5.91. The zero-order chi connectivity index (χ0) is 16.8. The molecule has 0 unspecified atom stereocenters. The summed E-state index contributed by atoms with van der Waals surface area (Å²) in [4.78, 5) is 18.9. The number of hydrogen-bond acceptors (Lipinski definition) is 4. The van der Waals surface area contributed by atoms with E-state index in [9.17, 15) is 4.79 Å². The first-order valence-corrected chi connectivity index (χ1v) is 7.84. The van der Waals surface area contributed by atoms with Crippen LogP contribution in [0.1, 0.15) is 28.2 Å². The Hall–Kier alpha value is -2.20. The molecule has 2 aromatic rings. The first kappa shape index (κ1) is 17.2. The van der Waals surface area contributed by atoms with Crippen LogP contribution in [0, 0.1) is 13.8 Å². The zero-order valence-electron chi connectivity index (χ0n) is 14.3. The van der Waals surface area contributed by atoms with Crippen molar-refractivity contribution in [1.29, 1.82) is 0 Å². The highest BCUT2D eigenvalue weighted by molar-refractivity contribution is 5.92. The van der Waals surface area contributed by atoms with Crippen LogP contribution in [0.25, 0.3) is 11.1 Å². The van der Waals surface area contributed by atoms with Crippen LogP contribution in [0.15, 0.2) is 36.4 Å². The number of pyridine rings is 1. The quantitative estimate of drug-likeness (QED) is 0.605. The van der Waals surface area contributed by atoms with Crippen molar-refractivity contribution < 1.29 is 9.53 Å². The summed E-state index contributed by atoms with van der Waals surface area (Å²) in [5.74, 6) is -0.300. The molecule has 2 rings (SSSR count). The van der Waals surface area contributed by atoms with Gasteiger partial charge in [0.1, 0.15) is 0 Å². The van der Waals surface area contributed by atoms with Crippen LogP contribution in [-0.4, -0.2) is 43.1 Å². The Morgan fingerprint density at radius 1 is 1.13 bits per heavy atom. The summed E-state index contributed by atoms with van der Waals surface area (Å²) in [6.45, 7) is 5.12. The molecule has 0 radical (unpaired) electrons. The number of nitrogens with zero attached hydrogens (tertiary/aromatic N) is 2. The number of carbonyl (C=O) groups excluding carboxylic acids is 1. The van der Waals surface area contributed by atoms with Gasteiger partial charge in [-0.15, -0.1) is 0 Å². The van der Waals surface area contributed by atoms with Crippen LogP contribution in [0.4, 0.5) is 0 Å². The van der Waals surface area contributed by atoms with Crippen molar-refractivity contribution in [3.8, 4) is 11.1 Å². The Morgan fingerprint density at radius 2 is 1.83 bits per heavy atom. The average molecular weight is 312 g/mol. The van der Waals surface area contributed by atoms with Crippen molar-refractivity contribution in [3.63, 3.8) is 0 Å². The highest BCUT2D eigenvalue weighted by Crippen LogP contribution is 2.24. The van der Waals surface area contributed by atoms with E-state index in [2.05, 4.69) is 9.88 Å². The first-order valence-electron chi connectivity index (χ1n) is 7.84.